The standard InChI is InChI=1S/C15H21NO/c1-3-16-15(14-9-4-5-10-17-14)13-8-6-7-12(2)11-13/h6-9,11,15-16H,3-5,10H2,1-2H3. The second-order valence-electron chi connectivity index (χ2n) is 4.50. The van der Waals surface area contributed by atoms with Gasteiger partial charge in [-0.25, -0.2) is 0 Å². The van der Waals surface area contributed by atoms with E-state index in [9.17, 15) is 0 Å². The Morgan fingerprint density at radius 2 is 2.29 bits per heavy atom. The third-order valence-electron chi connectivity index (χ3n) is 3.03. The molecule has 1 aromatic carbocycles. The molecule has 1 aliphatic rings. The number of likely N-dealkylation sites (N-methyl/N-ethyl adjacent to an activating group) is 1. The van der Waals surface area contributed by atoms with Gasteiger partial charge in [-0.1, -0.05) is 36.8 Å². The quantitative estimate of drug-likeness (QED) is 0.858. The maximum Gasteiger partial charge on any atom is 0.113 e. The SMILES string of the molecule is CCNC(C1=CCCCO1)c1cccc(C)c1. The van der Waals surface area contributed by atoms with Crippen LogP contribution in [0.3, 0.4) is 0 Å². The molecule has 0 saturated carbocycles. The van der Waals surface area contributed by atoms with Gasteiger partial charge in [0.1, 0.15) is 5.76 Å². The van der Waals surface area contributed by atoms with Crippen molar-refractivity contribution >= 4 is 0 Å². The zero-order chi connectivity index (χ0) is 12.1. The third-order valence-corrected chi connectivity index (χ3v) is 3.03. The van der Waals surface area contributed by atoms with E-state index in [1.165, 1.54) is 11.1 Å². The molecule has 1 atom stereocenters. The lowest BCUT2D eigenvalue weighted by Gasteiger charge is -2.25. The number of nitrogens with one attached hydrogen (secondary N) is 1. The zero-order valence-electron chi connectivity index (χ0n) is 10.7. The lowest BCUT2D eigenvalue weighted by atomic mass is 10.0. The number of aryl methyl sites for hydroxylation is 1. The summed E-state index contributed by atoms with van der Waals surface area (Å²) in [5, 5.41) is 3.50. The van der Waals surface area contributed by atoms with E-state index in [2.05, 4.69) is 49.5 Å². The van der Waals surface area contributed by atoms with Crippen molar-refractivity contribution in [2.75, 3.05) is 13.2 Å². The molecule has 1 heterocycles. The van der Waals surface area contributed by atoms with Crippen LogP contribution in [0, 0.1) is 6.92 Å². The second-order valence-corrected chi connectivity index (χ2v) is 4.50. The molecule has 1 unspecified atom stereocenters. The van der Waals surface area contributed by atoms with E-state index >= 15 is 0 Å². The van der Waals surface area contributed by atoms with Crippen molar-refractivity contribution in [3.8, 4) is 0 Å². The summed E-state index contributed by atoms with van der Waals surface area (Å²) < 4.78 is 5.79. The highest BCUT2D eigenvalue weighted by Gasteiger charge is 2.18. The first kappa shape index (κ1) is 12.2. The van der Waals surface area contributed by atoms with E-state index < -0.39 is 0 Å². The predicted octanol–water partition coefficient (Wildman–Crippen LogP) is 3.34. The normalized spacial score (nSPS) is 17.2. The highest BCUT2D eigenvalue weighted by molar-refractivity contribution is 5.30. The molecule has 1 N–H and O–H groups in total. The van der Waals surface area contributed by atoms with E-state index in [1.807, 2.05) is 0 Å². The molecular weight excluding hydrogens is 210 g/mol. The van der Waals surface area contributed by atoms with Gasteiger partial charge in [-0.2, -0.15) is 0 Å². The van der Waals surface area contributed by atoms with E-state index in [4.69, 9.17) is 4.74 Å². The summed E-state index contributed by atoms with van der Waals surface area (Å²) in [6, 6.07) is 8.84. The van der Waals surface area contributed by atoms with E-state index in [-0.39, 0.29) is 6.04 Å². The Morgan fingerprint density at radius 1 is 1.41 bits per heavy atom. The van der Waals surface area contributed by atoms with E-state index in [1.54, 1.807) is 0 Å². The molecule has 0 aliphatic carbocycles. The van der Waals surface area contributed by atoms with Gasteiger partial charge in [0.2, 0.25) is 0 Å². The number of hydrogen-bond donors (Lipinski definition) is 1. The average molecular weight is 231 g/mol. The minimum atomic E-state index is 0.209. The largest absolute Gasteiger partial charge is 0.496 e. The van der Waals surface area contributed by atoms with Crippen molar-refractivity contribution in [1.82, 2.24) is 5.32 Å². The van der Waals surface area contributed by atoms with Crippen molar-refractivity contribution < 1.29 is 4.74 Å². The number of rotatable bonds is 4. The number of ether oxygens (including phenoxy) is 1. The molecule has 2 rings (SSSR count). The molecule has 0 fully saturated rings. The molecule has 0 saturated heterocycles. The molecule has 92 valence electrons. The van der Waals surface area contributed by atoms with Crippen molar-refractivity contribution in [1.29, 1.82) is 0 Å². The molecule has 0 bridgehead atoms. The van der Waals surface area contributed by atoms with Crippen LogP contribution in [0.1, 0.15) is 36.9 Å². The summed E-state index contributed by atoms with van der Waals surface area (Å²) in [6.07, 6.45) is 4.48. The first-order chi connectivity index (χ1) is 8.31. The molecular formula is C15H21NO. The molecule has 17 heavy (non-hydrogen) atoms. The van der Waals surface area contributed by atoms with Crippen molar-refractivity contribution in [2.45, 2.75) is 32.7 Å². The van der Waals surface area contributed by atoms with Gasteiger partial charge in [-0.05, 0) is 37.9 Å². The fourth-order valence-electron chi connectivity index (χ4n) is 2.21. The van der Waals surface area contributed by atoms with Gasteiger partial charge in [0.15, 0.2) is 0 Å². The summed E-state index contributed by atoms with van der Waals surface area (Å²) in [5.74, 6) is 1.09. The first-order valence-electron chi connectivity index (χ1n) is 6.44. The van der Waals surface area contributed by atoms with Crippen LogP contribution in [0.25, 0.3) is 0 Å². The molecule has 2 heteroatoms. The van der Waals surface area contributed by atoms with Gasteiger partial charge in [0, 0.05) is 0 Å². The molecule has 2 nitrogen and oxygen atoms in total. The van der Waals surface area contributed by atoms with Crippen LogP contribution in [0.2, 0.25) is 0 Å². The lowest BCUT2D eigenvalue weighted by Crippen LogP contribution is -2.25. The number of benzene rings is 1. The van der Waals surface area contributed by atoms with Gasteiger partial charge < -0.3 is 10.1 Å². The van der Waals surface area contributed by atoms with Gasteiger partial charge in [0.25, 0.3) is 0 Å². The van der Waals surface area contributed by atoms with Crippen molar-refractivity contribution in [3.05, 3.63) is 47.2 Å². The Bertz CT molecular complexity index is 398. The van der Waals surface area contributed by atoms with Gasteiger partial charge in [-0.15, -0.1) is 0 Å². The van der Waals surface area contributed by atoms with Crippen molar-refractivity contribution in [2.24, 2.45) is 0 Å². The second kappa shape index (κ2) is 5.87. The molecule has 1 aromatic rings. The van der Waals surface area contributed by atoms with Crippen LogP contribution < -0.4 is 5.32 Å². The Hall–Kier alpha value is -1.28. The number of allylic oxidation sites excluding steroid dienone is 1. The van der Waals surface area contributed by atoms with Gasteiger partial charge in [0.05, 0.1) is 12.6 Å². The van der Waals surface area contributed by atoms with Crippen LogP contribution in [0.15, 0.2) is 36.1 Å². The zero-order valence-corrected chi connectivity index (χ0v) is 10.7. The Labute approximate surface area is 104 Å². The van der Waals surface area contributed by atoms with Gasteiger partial charge >= 0.3 is 0 Å². The Morgan fingerprint density at radius 3 is 2.94 bits per heavy atom. The minimum absolute atomic E-state index is 0.209. The molecule has 0 aromatic heterocycles. The van der Waals surface area contributed by atoms with Crippen LogP contribution in [-0.4, -0.2) is 13.2 Å². The maximum absolute atomic E-state index is 5.79. The highest BCUT2D eigenvalue weighted by Crippen LogP contribution is 2.26. The van der Waals surface area contributed by atoms with E-state index in [0.29, 0.717) is 0 Å². The topological polar surface area (TPSA) is 21.3 Å². The first-order valence-corrected chi connectivity index (χ1v) is 6.44. The van der Waals surface area contributed by atoms with Gasteiger partial charge in [-0.3, -0.25) is 0 Å². The highest BCUT2D eigenvalue weighted by atomic mass is 16.5. The average Bonchev–Trinajstić information content (AvgIpc) is 2.37. The minimum Gasteiger partial charge on any atom is -0.496 e. The van der Waals surface area contributed by atoms with E-state index in [0.717, 1.165) is 31.8 Å². The summed E-state index contributed by atoms with van der Waals surface area (Å²) >= 11 is 0. The fraction of sp³-hybridized carbons (Fsp3) is 0.467. The van der Waals surface area contributed by atoms with Crippen molar-refractivity contribution in [3.63, 3.8) is 0 Å². The smallest absolute Gasteiger partial charge is 0.113 e. The summed E-state index contributed by atoms with van der Waals surface area (Å²) in [4.78, 5) is 0. The number of hydrogen-bond acceptors (Lipinski definition) is 2. The third kappa shape index (κ3) is 3.10. The van der Waals surface area contributed by atoms with Crippen LogP contribution >= 0.6 is 0 Å². The fourth-order valence-corrected chi connectivity index (χ4v) is 2.21. The van der Waals surface area contributed by atoms with Crippen LogP contribution in [0.4, 0.5) is 0 Å². The van der Waals surface area contributed by atoms with Crippen LogP contribution in [0.5, 0.6) is 0 Å². The maximum atomic E-state index is 5.79. The summed E-state index contributed by atoms with van der Waals surface area (Å²) in [5.41, 5.74) is 2.59. The molecule has 0 spiro atoms. The predicted molar refractivity (Wildman–Crippen MR) is 70.9 cm³/mol. The Balaban J connectivity index is 2.24. The van der Waals surface area contributed by atoms with Crippen LogP contribution in [-0.2, 0) is 4.74 Å². The summed E-state index contributed by atoms with van der Waals surface area (Å²) in [7, 11) is 0. The molecule has 1 aliphatic heterocycles. The molecule has 0 amide bonds. The lowest BCUT2D eigenvalue weighted by molar-refractivity contribution is 0.168. The summed E-state index contributed by atoms with van der Waals surface area (Å²) in [6.45, 7) is 6.05. The monoisotopic (exact) mass is 231 g/mol. The molecule has 0 radical (unpaired) electrons. The Kier molecular flexibility index (Phi) is 4.21.